The zero-order chi connectivity index (χ0) is 12.8. The summed E-state index contributed by atoms with van der Waals surface area (Å²) in [5.41, 5.74) is 0. The molecule has 1 heterocycles. The molecule has 1 N–H and O–H groups in total. The smallest absolute Gasteiger partial charge is 0.0576 e. The van der Waals surface area contributed by atoms with E-state index in [2.05, 4.69) is 19.3 Å². The third kappa shape index (κ3) is 3.96. The molecule has 2 aliphatic rings. The van der Waals surface area contributed by atoms with Gasteiger partial charge in [-0.25, -0.2) is 0 Å². The number of ether oxygens (including phenoxy) is 1. The van der Waals surface area contributed by atoms with Crippen molar-refractivity contribution >= 4 is 0 Å². The summed E-state index contributed by atoms with van der Waals surface area (Å²) in [5, 5.41) is 3.57. The van der Waals surface area contributed by atoms with E-state index in [9.17, 15) is 0 Å². The van der Waals surface area contributed by atoms with Crippen LogP contribution >= 0.6 is 0 Å². The summed E-state index contributed by atoms with van der Waals surface area (Å²) in [7, 11) is 2.14. The summed E-state index contributed by atoms with van der Waals surface area (Å²) in [6, 6.07) is 0.729. The van der Waals surface area contributed by atoms with Crippen LogP contribution in [0.1, 0.15) is 64.7 Å². The van der Waals surface area contributed by atoms with Crippen molar-refractivity contribution < 1.29 is 4.74 Å². The van der Waals surface area contributed by atoms with Crippen LogP contribution in [0.2, 0.25) is 0 Å². The van der Waals surface area contributed by atoms with Gasteiger partial charge in [0.05, 0.1) is 6.10 Å². The van der Waals surface area contributed by atoms with E-state index in [1.54, 1.807) is 0 Å². The summed E-state index contributed by atoms with van der Waals surface area (Å²) >= 11 is 0. The Labute approximate surface area is 113 Å². The fourth-order valence-corrected chi connectivity index (χ4v) is 3.85. The predicted molar refractivity (Wildman–Crippen MR) is 76.8 cm³/mol. The number of hydrogen-bond donors (Lipinski definition) is 1. The van der Waals surface area contributed by atoms with Crippen LogP contribution in [0.25, 0.3) is 0 Å². The van der Waals surface area contributed by atoms with Crippen LogP contribution in [0.15, 0.2) is 0 Å². The fourth-order valence-electron chi connectivity index (χ4n) is 3.85. The summed E-state index contributed by atoms with van der Waals surface area (Å²) in [6.45, 7) is 3.34. The van der Waals surface area contributed by atoms with Crippen molar-refractivity contribution in [2.45, 2.75) is 76.9 Å². The second kappa shape index (κ2) is 7.49. The average molecular weight is 253 g/mol. The minimum atomic E-state index is 0.563. The molecule has 0 aromatic carbocycles. The summed E-state index contributed by atoms with van der Waals surface area (Å²) in [4.78, 5) is 0. The van der Waals surface area contributed by atoms with Crippen molar-refractivity contribution in [2.75, 3.05) is 13.7 Å². The minimum absolute atomic E-state index is 0.563. The van der Waals surface area contributed by atoms with E-state index in [0.29, 0.717) is 6.10 Å². The van der Waals surface area contributed by atoms with Crippen LogP contribution in [0.3, 0.4) is 0 Å². The van der Waals surface area contributed by atoms with Gasteiger partial charge in [-0.1, -0.05) is 26.2 Å². The van der Waals surface area contributed by atoms with Gasteiger partial charge in [-0.15, -0.1) is 0 Å². The molecule has 2 heteroatoms. The zero-order valence-electron chi connectivity index (χ0n) is 12.3. The van der Waals surface area contributed by atoms with Gasteiger partial charge in [-0.3, -0.25) is 0 Å². The maximum Gasteiger partial charge on any atom is 0.0576 e. The van der Waals surface area contributed by atoms with Crippen LogP contribution in [-0.2, 0) is 4.74 Å². The monoisotopic (exact) mass is 253 g/mol. The second-order valence-corrected chi connectivity index (χ2v) is 6.30. The molecule has 1 saturated heterocycles. The Morgan fingerprint density at radius 3 is 2.50 bits per heavy atom. The molecule has 1 saturated carbocycles. The Morgan fingerprint density at radius 1 is 1.17 bits per heavy atom. The van der Waals surface area contributed by atoms with Gasteiger partial charge in [0.2, 0.25) is 0 Å². The molecular weight excluding hydrogens is 222 g/mol. The van der Waals surface area contributed by atoms with Crippen molar-refractivity contribution in [1.29, 1.82) is 0 Å². The molecule has 0 radical (unpaired) electrons. The van der Waals surface area contributed by atoms with Crippen molar-refractivity contribution in [1.82, 2.24) is 5.32 Å². The maximum atomic E-state index is 5.74. The van der Waals surface area contributed by atoms with Gasteiger partial charge in [0.15, 0.2) is 0 Å². The molecule has 0 aromatic heterocycles. The molecule has 2 unspecified atom stereocenters. The summed E-state index contributed by atoms with van der Waals surface area (Å²) in [6.07, 6.45) is 12.9. The highest BCUT2D eigenvalue weighted by atomic mass is 16.5. The Hall–Kier alpha value is -0.0800. The highest BCUT2D eigenvalue weighted by Gasteiger charge is 2.27. The lowest BCUT2D eigenvalue weighted by molar-refractivity contribution is 0.0950. The van der Waals surface area contributed by atoms with E-state index in [1.165, 1.54) is 57.8 Å². The van der Waals surface area contributed by atoms with Crippen molar-refractivity contribution in [2.24, 2.45) is 11.8 Å². The van der Waals surface area contributed by atoms with Crippen molar-refractivity contribution in [3.05, 3.63) is 0 Å². The first kappa shape index (κ1) is 14.3. The molecule has 1 aliphatic carbocycles. The van der Waals surface area contributed by atoms with Gasteiger partial charge in [0, 0.05) is 12.6 Å². The lowest BCUT2D eigenvalue weighted by Gasteiger charge is -2.34. The zero-order valence-corrected chi connectivity index (χ0v) is 12.3. The molecule has 0 bridgehead atoms. The molecule has 0 amide bonds. The fraction of sp³-hybridized carbons (Fsp3) is 1.00. The molecule has 2 rings (SSSR count). The first-order chi connectivity index (χ1) is 8.83. The topological polar surface area (TPSA) is 21.3 Å². The molecular formula is C16H31NO. The Bertz CT molecular complexity index is 217. The van der Waals surface area contributed by atoms with E-state index in [0.717, 1.165) is 24.5 Å². The quantitative estimate of drug-likeness (QED) is 0.778. The van der Waals surface area contributed by atoms with E-state index in [4.69, 9.17) is 4.74 Å². The van der Waals surface area contributed by atoms with E-state index >= 15 is 0 Å². The minimum Gasteiger partial charge on any atom is -0.378 e. The van der Waals surface area contributed by atoms with Gasteiger partial charge in [-0.2, -0.15) is 0 Å². The van der Waals surface area contributed by atoms with Crippen molar-refractivity contribution in [3.8, 4) is 0 Å². The van der Waals surface area contributed by atoms with Crippen LogP contribution < -0.4 is 5.32 Å². The third-order valence-electron chi connectivity index (χ3n) is 5.23. The van der Waals surface area contributed by atoms with Gasteiger partial charge >= 0.3 is 0 Å². The molecule has 2 nitrogen and oxygen atoms in total. The lowest BCUT2D eigenvalue weighted by atomic mass is 9.76. The van der Waals surface area contributed by atoms with Crippen LogP contribution in [-0.4, -0.2) is 25.8 Å². The van der Waals surface area contributed by atoms with Gasteiger partial charge in [0.25, 0.3) is 0 Å². The van der Waals surface area contributed by atoms with E-state index in [1.807, 2.05) is 0 Å². The van der Waals surface area contributed by atoms with Gasteiger partial charge < -0.3 is 10.1 Å². The van der Waals surface area contributed by atoms with Gasteiger partial charge in [0.1, 0.15) is 0 Å². The Balaban J connectivity index is 1.70. The van der Waals surface area contributed by atoms with E-state index < -0.39 is 0 Å². The molecule has 0 spiro atoms. The molecule has 1 aliphatic heterocycles. The largest absolute Gasteiger partial charge is 0.378 e. The van der Waals surface area contributed by atoms with Crippen LogP contribution in [0.5, 0.6) is 0 Å². The standard InChI is InChI=1S/C16H31NO/c1-3-13-6-8-14(9-7-13)16(17-2)11-10-15-5-4-12-18-15/h13-17H,3-12H2,1-2H3. The Kier molecular flexibility index (Phi) is 5.97. The van der Waals surface area contributed by atoms with Crippen molar-refractivity contribution in [3.63, 3.8) is 0 Å². The first-order valence-electron chi connectivity index (χ1n) is 8.12. The Morgan fingerprint density at radius 2 is 1.94 bits per heavy atom. The SMILES string of the molecule is CCC1CCC(C(CCC2CCCO2)NC)CC1. The molecule has 18 heavy (non-hydrogen) atoms. The number of nitrogens with one attached hydrogen (secondary N) is 1. The first-order valence-corrected chi connectivity index (χ1v) is 8.12. The van der Waals surface area contributed by atoms with Crippen LogP contribution in [0.4, 0.5) is 0 Å². The summed E-state index contributed by atoms with van der Waals surface area (Å²) < 4.78 is 5.74. The average Bonchev–Trinajstić information content (AvgIpc) is 2.93. The van der Waals surface area contributed by atoms with Gasteiger partial charge in [-0.05, 0) is 57.4 Å². The molecule has 2 fully saturated rings. The predicted octanol–water partition coefficient (Wildman–Crippen LogP) is 3.75. The maximum absolute atomic E-state index is 5.74. The normalized spacial score (nSPS) is 34.7. The van der Waals surface area contributed by atoms with Crippen LogP contribution in [0, 0.1) is 11.8 Å². The second-order valence-electron chi connectivity index (χ2n) is 6.30. The highest BCUT2D eigenvalue weighted by Crippen LogP contribution is 2.34. The summed E-state index contributed by atoms with van der Waals surface area (Å²) in [5.74, 6) is 1.93. The number of rotatable bonds is 6. The molecule has 106 valence electrons. The number of hydrogen-bond acceptors (Lipinski definition) is 2. The lowest BCUT2D eigenvalue weighted by Crippen LogP contribution is -2.36. The molecule has 0 aromatic rings. The third-order valence-corrected chi connectivity index (χ3v) is 5.23. The van der Waals surface area contributed by atoms with E-state index in [-0.39, 0.29) is 0 Å². The molecule has 2 atom stereocenters. The highest BCUT2D eigenvalue weighted by molar-refractivity contribution is 4.82.